The Morgan fingerprint density at radius 2 is 2.45 bits per heavy atom. The number of rotatable bonds is 4. The maximum Gasteiger partial charge on any atom is 0.261 e. The summed E-state index contributed by atoms with van der Waals surface area (Å²) in [7, 11) is 0. The molecule has 0 saturated carbocycles. The number of aryl methyl sites for hydroxylation is 1. The average molecular weight is 320 g/mol. The van der Waals surface area contributed by atoms with E-state index in [9.17, 15) is 9.59 Å². The van der Waals surface area contributed by atoms with Crippen LogP contribution in [-0.2, 0) is 11.3 Å². The number of nitrogens with zero attached hydrogens (tertiary/aromatic N) is 2. The highest BCUT2D eigenvalue weighted by Gasteiger charge is 2.25. The fraction of sp³-hybridized carbons (Fsp3) is 0.429. The summed E-state index contributed by atoms with van der Waals surface area (Å²) in [5.74, 6) is 0.717. The van der Waals surface area contributed by atoms with Crippen LogP contribution in [0, 0.1) is 6.92 Å². The quantitative estimate of drug-likeness (QED) is 0.886. The molecule has 22 heavy (non-hydrogen) atoms. The van der Waals surface area contributed by atoms with Crippen molar-refractivity contribution < 1.29 is 14.1 Å². The Morgan fingerprint density at radius 1 is 1.59 bits per heavy atom. The Labute approximate surface area is 131 Å². The zero-order chi connectivity index (χ0) is 15.5. The van der Waals surface area contributed by atoms with Gasteiger partial charge in [-0.1, -0.05) is 5.16 Å². The Balaban J connectivity index is 1.57. The molecule has 0 bridgehead atoms. The number of piperidine rings is 1. The molecule has 1 aliphatic heterocycles. The molecule has 3 heterocycles. The Bertz CT molecular complexity index is 694. The third-order valence-electron chi connectivity index (χ3n) is 3.45. The van der Waals surface area contributed by atoms with E-state index >= 15 is 0 Å². The lowest BCUT2D eigenvalue weighted by Crippen LogP contribution is -2.32. The third-order valence-corrected chi connectivity index (χ3v) is 4.50. The highest BCUT2D eigenvalue weighted by Crippen LogP contribution is 2.23. The summed E-state index contributed by atoms with van der Waals surface area (Å²) in [4.78, 5) is 28.2. The summed E-state index contributed by atoms with van der Waals surface area (Å²) < 4.78 is 5.14. The Kier molecular flexibility index (Phi) is 4.19. The molecule has 2 aromatic rings. The van der Waals surface area contributed by atoms with Crippen molar-refractivity contribution in [2.45, 2.75) is 32.2 Å². The first kappa shape index (κ1) is 14.7. The highest BCUT2D eigenvalue weighted by atomic mass is 32.1. The fourth-order valence-corrected chi connectivity index (χ4v) is 3.12. The number of hydrogen-bond acceptors (Lipinski definition) is 6. The van der Waals surface area contributed by atoms with Crippen molar-refractivity contribution in [3.05, 3.63) is 33.6 Å². The Morgan fingerprint density at radius 3 is 3.18 bits per heavy atom. The summed E-state index contributed by atoms with van der Waals surface area (Å²) in [5, 5.41) is 11.4. The number of carbonyl (C=O) groups excluding carboxylic acids is 2. The highest BCUT2D eigenvalue weighted by molar-refractivity contribution is 7.12. The van der Waals surface area contributed by atoms with Crippen LogP contribution in [0.1, 0.15) is 45.7 Å². The van der Waals surface area contributed by atoms with Crippen LogP contribution in [0.15, 0.2) is 16.0 Å². The molecule has 0 aliphatic carbocycles. The van der Waals surface area contributed by atoms with Gasteiger partial charge in [0.2, 0.25) is 11.8 Å². The van der Waals surface area contributed by atoms with E-state index in [1.54, 1.807) is 0 Å². The van der Waals surface area contributed by atoms with Crippen molar-refractivity contribution in [1.29, 1.82) is 0 Å². The minimum atomic E-state index is -0.158. The normalized spacial score (nSPS) is 18.0. The second-order valence-electron chi connectivity index (χ2n) is 5.26. The molecular formula is C14H16N4O3S. The number of aromatic nitrogens is 2. The zero-order valence-corrected chi connectivity index (χ0v) is 12.9. The largest absolute Gasteiger partial charge is 0.356 e. The van der Waals surface area contributed by atoms with E-state index in [-0.39, 0.29) is 24.3 Å². The van der Waals surface area contributed by atoms with Gasteiger partial charge in [-0.05, 0) is 30.4 Å². The summed E-state index contributed by atoms with van der Waals surface area (Å²) in [6.45, 7) is 2.75. The second kappa shape index (κ2) is 6.27. The second-order valence-corrected chi connectivity index (χ2v) is 6.17. The molecule has 0 spiro atoms. The van der Waals surface area contributed by atoms with Crippen LogP contribution in [0.3, 0.4) is 0 Å². The van der Waals surface area contributed by atoms with E-state index in [0.717, 1.165) is 12.0 Å². The standard InChI is InChI=1S/C14H16N4O3S/c1-8-4-10(22-7-8)14(20)16-6-12-17-13(18-21-12)9-2-3-15-11(19)5-9/h4,7,9H,2-3,5-6H2,1H3,(H,15,19)(H,16,20). The van der Waals surface area contributed by atoms with Crippen LogP contribution >= 0.6 is 11.3 Å². The van der Waals surface area contributed by atoms with E-state index in [0.29, 0.717) is 29.6 Å². The molecule has 1 saturated heterocycles. The maximum atomic E-state index is 11.9. The molecule has 1 unspecified atom stereocenters. The van der Waals surface area contributed by atoms with Gasteiger partial charge < -0.3 is 15.2 Å². The van der Waals surface area contributed by atoms with Crippen LogP contribution in [0.5, 0.6) is 0 Å². The smallest absolute Gasteiger partial charge is 0.261 e. The number of nitrogens with one attached hydrogen (secondary N) is 2. The van der Waals surface area contributed by atoms with Gasteiger partial charge in [0.05, 0.1) is 11.4 Å². The van der Waals surface area contributed by atoms with Crippen molar-refractivity contribution in [2.75, 3.05) is 6.54 Å². The molecular weight excluding hydrogens is 304 g/mol. The van der Waals surface area contributed by atoms with Gasteiger partial charge in [0.1, 0.15) is 0 Å². The van der Waals surface area contributed by atoms with Crippen molar-refractivity contribution in [2.24, 2.45) is 0 Å². The SMILES string of the molecule is Cc1csc(C(=O)NCc2nc(C3CCNC(=O)C3)no2)c1. The number of hydrogen-bond donors (Lipinski definition) is 2. The van der Waals surface area contributed by atoms with Crippen molar-refractivity contribution in [3.63, 3.8) is 0 Å². The van der Waals surface area contributed by atoms with E-state index < -0.39 is 0 Å². The van der Waals surface area contributed by atoms with Gasteiger partial charge in [-0.3, -0.25) is 9.59 Å². The molecule has 0 radical (unpaired) electrons. The summed E-state index contributed by atoms with van der Waals surface area (Å²) in [6, 6.07) is 1.83. The van der Waals surface area contributed by atoms with Crippen LogP contribution < -0.4 is 10.6 Å². The zero-order valence-electron chi connectivity index (χ0n) is 12.1. The topological polar surface area (TPSA) is 97.1 Å². The van der Waals surface area contributed by atoms with Crippen molar-refractivity contribution in [3.8, 4) is 0 Å². The van der Waals surface area contributed by atoms with Crippen molar-refractivity contribution in [1.82, 2.24) is 20.8 Å². The predicted molar refractivity (Wildman–Crippen MR) is 79.5 cm³/mol. The van der Waals surface area contributed by atoms with E-state index in [1.807, 2.05) is 18.4 Å². The lowest BCUT2D eigenvalue weighted by Gasteiger charge is -2.18. The average Bonchev–Trinajstić information content (AvgIpc) is 3.14. The molecule has 1 atom stereocenters. The fourth-order valence-electron chi connectivity index (χ4n) is 2.30. The molecule has 0 aromatic carbocycles. The molecule has 2 amide bonds. The van der Waals surface area contributed by atoms with Gasteiger partial charge >= 0.3 is 0 Å². The van der Waals surface area contributed by atoms with Crippen molar-refractivity contribution >= 4 is 23.2 Å². The first-order chi connectivity index (χ1) is 10.6. The van der Waals surface area contributed by atoms with E-state index in [2.05, 4.69) is 20.8 Å². The predicted octanol–water partition coefficient (Wildman–Crippen LogP) is 1.36. The lowest BCUT2D eigenvalue weighted by atomic mass is 9.97. The van der Waals surface area contributed by atoms with E-state index in [4.69, 9.17) is 4.52 Å². The van der Waals surface area contributed by atoms with Crippen LogP contribution in [0.2, 0.25) is 0 Å². The third kappa shape index (κ3) is 3.33. The summed E-state index contributed by atoms with van der Waals surface area (Å²) in [6.07, 6.45) is 1.17. The lowest BCUT2D eigenvalue weighted by molar-refractivity contribution is -0.122. The van der Waals surface area contributed by atoms with Crippen LogP contribution in [0.4, 0.5) is 0 Å². The minimum Gasteiger partial charge on any atom is -0.356 e. The van der Waals surface area contributed by atoms with Gasteiger partial charge in [-0.2, -0.15) is 4.98 Å². The molecule has 7 nitrogen and oxygen atoms in total. The van der Waals surface area contributed by atoms with Gasteiger partial charge in [-0.25, -0.2) is 0 Å². The summed E-state index contributed by atoms with van der Waals surface area (Å²) >= 11 is 1.40. The molecule has 1 aliphatic rings. The maximum absolute atomic E-state index is 11.9. The molecule has 2 aromatic heterocycles. The number of amides is 2. The molecule has 8 heteroatoms. The monoisotopic (exact) mass is 320 g/mol. The van der Waals surface area contributed by atoms with Gasteiger partial charge in [0.25, 0.3) is 5.91 Å². The number of thiophene rings is 1. The van der Waals surface area contributed by atoms with Crippen LogP contribution in [-0.4, -0.2) is 28.5 Å². The molecule has 2 N–H and O–H groups in total. The molecule has 116 valence electrons. The molecule has 3 rings (SSSR count). The first-order valence-corrected chi connectivity index (χ1v) is 7.92. The summed E-state index contributed by atoms with van der Waals surface area (Å²) in [5.41, 5.74) is 1.06. The van der Waals surface area contributed by atoms with Gasteiger partial charge in [-0.15, -0.1) is 11.3 Å². The minimum absolute atomic E-state index is 0.00367. The van der Waals surface area contributed by atoms with Gasteiger partial charge in [0, 0.05) is 18.9 Å². The van der Waals surface area contributed by atoms with Crippen LogP contribution in [0.25, 0.3) is 0 Å². The number of carbonyl (C=O) groups is 2. The van der Waals surface area contributed by atoms with Gasteiger partial charge in [0.15, 0.2) is 5.82 Å². The Hall–Kier alpha value is -2.22. The first-order valence-electron chi connectivity index (χ1n) is 7.04. The molecule has 1 fully saturated rings. The van der Waals surface area contributed by atoms with E-state index in [1.165, 1.54) is 11.3 Å².